The van der Waals surface area contributed by atoms with E-state index in [1.165, 1.54) is 17.6 Å². The molecule has 8 amide bonds. The highest BCUT2D eigenvalue weighted by atomic mass is 19.1. The summed E-state index contributed by atoms with van der Waals surface area (Å²) in [6.45, 7) is 0.932. The molecule has 3 aliphatic heterocycles. The summed E-state index contributed by atoms with van der Waals surface area (Å²) in [4.78, 5) is 147. The van der Waals surface area contributed by atoms with E-state index in [0.717, 1.165) is 12.2 Å². The second-order valence-electron chi connectivity index (χ2n) is 18.9. The molecule has 1 aliphatic carbocycles. The van der Waals surface area contributed by atoms with Crippen molar-refractivity contribution in [2.45, 2.75) is 89.4 Å². The summed E-state index contributed by atoms with van der Waals surface area (Å²) >= 11 is 0. The molecule has 4 aromatic rings. The standard InChI is InChI=1S/C52H55FN10O15/c1-4-52(76)31-15-36-46-29(22-62(36)50(74)30(31)23-77-51(52)75)45-33(11-10-28-25(2)32(53)16-34(60-46)44(28)45)61-47(71)26(3)78-24-58-39(65)19-56-48(72)35(14-27-8-6-5-7-9-27)59-40(66)20-55-38(64)18-57-49(73)37(17-54-21-43(69)70)63-41(67)12-13-42(63)68/h5-9,12-13,15-16,26,33,35,37,54,76H,4,10-11,14,17-24H2,1-3H3,(H,55,64)(H,56,72)(H,57,73)(H,58,65)(H,59,66)(H,61,71)(H,69,70)/t26-,33+,35-,37-,52-/m0/s1. The Balaban J connectivity index is 0.848. The van der Waals surface area contributed by atoms with Gasteiger partial charge in [0.2, 0.25) is 35.4 Å². The number of ether oxygens (including phenoxy) is 2. The van der Waals surface area contributed by atoms with E-state index < -0.39 is 140 Å². The minimum absolute atomic E-state index is 0.0285. The number of aromatic nitrogens is 2. The van der Waals surface area contributed by atoms with Crippen LogP contribution in [-0.4, -0.2) is 142 Å². The summed E-state index contributed by atoms with van der Waals surface area (Å²) in [5.41, 5.74) is 1.58. The number of rotatable bonds is 22. The van der Waals surface area contributed by atoms with Gasteiger partial charge in [-0.15, -0.1) is 0 Å². The fourth-order valence-corrected chi connectivity index (χ4v) is 9.83. The number of halogens is 1. The van der Waals surface area contributed by atoms with Crippen LogP contribution in [0.5, 0.6) is 0 Å². The number of esters is 1. The number of pyridine rings is 2. The largest absolute Gasteiger partial charge is 0.480 e. The minimum atomic E-state index is -2.07. The van der Waals surface area contributed by atoms with Crippen LogP contribution in [0.25, 0.3) is 22.3 Å². The lowest BCUT2D eigenvalue weighted by atomic mass is 9.81. The predicted octanol–water partition coefficient (Wildman–Crippen LogP) is -1.85. The molecule has 0 saturated carbocycles. The molecule has 0 radical (unpaired) electrons. The Morgan fingerprint density at radius 2 is 1.55 bits per heavy atom. The summed E-state index contributed by atoms with van der Waals surface area (Å²) in [6.07, 6.45) is 1.33. The van der Waals surface area contributed by atoms with Crippen molar-refractivity contribution >= 4 is 70.1 Å². The number of amides is 8. The number of carbonyl (C=O) groups is 10. The number of hydrogen-bond donors (Lipinski definition) is 9. The van der Waals surface area contributed by atoms with Gasteiger partial charge in [-0.05, 0) is 61.4 Å². The molecule has 5 heterocycles. The number of hydrogen-bond acceptors (Lipinski definition) is 16. The van der Waals surface area contributed by atoms with E-state index in [4.69, 9.17) is 19.6 Å². The van der Waals surface area contributed by atoms with E-state index in [-0.39, 0.29) is 42.6 Å². The number of aliphatic hydroxyl groups is 1. The van der Waals surface area contributed by atoms with Crippen LogP contribution in [0.3, 0.4) is 0 Å². The highest BCUT2D eigenvalue weighted by Crippen LogP contribution is 2.46. The SMILES string of the molecule is CC[C@@]1(O)C(=O)OCc2c1cc1n(c2=O)Cc2c-1nc1cc(F)c(C)c3c1c2[C@H](NC(=O)[C@H](C)OCNC(=O)CNC(=O)[C@H](Cc1ccccc1)NC(=O)CNC(=O)CNC(=O)[C@H](CNCC(=O)O)N1C(=O)C=CC1=O)CC3. The number of aryl methyl sites for hydroxylation is 1. The van der Waals surface area contributed by atoms with Gasteiger partial charge in [0.05, 0.1) is 61.2 Å². The van der Waals surface area contributed by atoms with E-state index in [0.29, 0.717) is 62.3 Å². The first-order valence-corrected chi connectivity index (χ1v) is 24.8. The van der Waals surface area contributed by atoms with Gasteiger partial charge < -0.3 is 61.5 Å². The van der Waals surface area contributed by atoms with Crippen LogP contribution in [0.4, 0.5) is 4.39 Å². The number of carboxylic acids is 1. The quantitative estimate of drug-likeness (QED) is 0.0209. The van der Waals surface area contributed by atoms with Crippen molar-refractivity contribution in [3.8, 4) is 11.4 Å². The third-order valence-corrected chi connectivity index (χ3v) is 14.0. The number of carboxylic acid groups (broad SMARTS) is 1. The van der Waals surface area contributed by atoms with Crippen LogP contribution in [-0.2, 0) is 89.0 Å². The summed E-state index contributed by atoms with van der Waals surface area (Å²) in [5, 5.41) is 38.4. The summed E-state index contributed by atoms with van der Waals surface area (Å²) in [7, 11) is 0. The molecule has 4 aliphatic rings. The molecular formula is C52H55FN10O15. The maximum absolute atomic E-state index is 15.4. The topological polar surface area (TPSA) is 352 Å². The molecule has 25 nitrogen and oxygen atoms in total. The molecule has 0 saturated heterocycles. The molecule has 9 N–H and O–H groups in total. The van der Waals surface area contributed by atoms with Gasteiger partial charge in [0.15, 0.2) is 5.60 Å². The Morgan fingerprint density at radius 3 is 2.24 bits per heavy atom. The number of carbonyl (C=O) groups excluding carboxylic acids is 9. The lowest BCUT2D eigenvalue weighted by molar-refractivity contribution is -0.172. The van der Waals surface area contributed by atoms with Crippen LogP contribution in [0, 0.1) is 12.7 Å². The first-order chi connectivity index (χ1) is 37.2. The van der Waals surface area contributed by atoms with Crippen molar-refractivity contribution in [3.05, 3.63) is 110 Å². The summed E-state index contributed by atoms with van der Waals surface area (Å²) in [6, 6.07) is 7.96. The van der Waals surface area contributed by atoms with Crippen LogP contribution in [0.2, 0.25) is 0 Å². The lowest BCUT2D eigenvalue weighted by Crippen LogP contribution is -2.56. The highest BCUT2D eigenvalue weighted by Gasteiger charge is 2.46. The molecule has 26 heteroatoms. The Bertz CT molecular complexity index is 3260. The molecule has 410 valence electrons. The molecule has 2 aromatic heterocycles. The first kappa shape index (κ1) is 55.5. The molecule has 2 aromatic carbocycles. The van der Waals surface area contributed by atoms with E-state index in [9.17, 15) is 57.8 Å². The zero-order chi connectivity index (χ0) is 56.2. The maximum Gasteiger partial charge on any atom is 0.343 e. The van der Waals surface area contributed by atoms with Crippen molar-refractivity contribution in [2.24, 2.45) is 0 Å². The molecule has 0 unspecified atom stereocenters. The Kier molecular flexibility index (Phi) is 16.5. The normalized spacial score (nSPS) is 17.9. The zero-order valence-corrected chi connectivity index (χ0v) is 42.4. The molecule has 0 fully saturated rings. The minimum Gasteiger partial charge on any atom is -0.480 e. The van der Waals surface area contributed by atoms with Gasteiger partial charge in [0.1, 0.15) is 37.3 Å². The van der Waals surface area contributed by atoms with Crippen LogP contribution < -0.4 is 42.8 Å². The highest BCUT2D eigenvalue weighted by molar-refractivity contribution is 6.15. The predicted molar refractivity (Wildman–Crippen MR) is 268 cm³/mol. The molecular weight excluding hydrogens is 1020 g/mol. The van der Waals surface area contributed by atoms with Gasteiger partial charge in [-0.25, -0.2) is 14.2 Å². The third kappa shape index (κ3) is 11.5. The van der Waals surface area contributed by atoms with Crippen LogP contribution >= 0.6 is 0 Å². The number of imide groups is 1. The second kappa shape index (κ2) is 23.2. The van der Waals surface area contributed by atoms with Crippen molar-refractivity contribution in [1.29, 1.82) is 0 Å². The summed E-state index contributed by atoms with van der Waals surface area (Å²) in [5.74, 6) is -9.02. The molecule has 0 bridgehead atoms. The van der Waals surface area contributed by atoms with E-state index in [2.05, 4.69) is 37.2 Å². The second-order valence-corrected chi connectivity index (χ2v) is 18.9. The Morgan fingerprint density at radius 1 is 0.872 bits per heavy atom. The van der Waals surface area contributed by atoms with Crippen molar-refractivity contribution in [3.63, 3.8) is 0 Å². The molecule has 5 atom stereocenters. The van der Waals surface area contributed by atoms with E-state index in [1.54, 1.807) is 50.2 Å². The van der Waals surface area contributed by atoms with Gasteiger partial charge >= 0.3 is 11.9 Å². The number of aliphatic carboxylic acids is 1. The number of benzene rings is 2. The maximum atomic E-state index is 15.4. The fraction of sp³-hybridized carbons (Fsp3) is 0.385. The van der Waals surface area contributed by atoms with Gasteiger partial charge in [-0.2, -0.15) is 0 Å². The monoisotopic (exact) mass is 1080 g/mol. The Hall–Kier alpha value is -8.75. The third-order valence-electron chi connectivity index (χ3n) is 14.0. The molecule has 0 spiro atoms. The molecule has 78 heavy (non-hydrogen) atoms. The van der Waals surface area contributed by atoms with E-state index in [1.807, 2.05) is 0 Å². The number of nitrogens with zero attached hydrogens (tertiary/aromatic N) is 3. The first-order valence-electron chi connectivity index (χ1n) is 24.8. The number of fused-ring (bicyclic) bond motifs is 5. The lowest BCUT2D eigenvalue weighted by Gasteiger charge is -2.31. The average molecular weight is 1080 g/mol. The van der Waals surface area contributed by atoms with Crippen molar-refractivity contribution in [2.75, 3.05) is 39.5 Å². The Labute approximate surface area is 442 Å². The van der Waals surface area contributed by atoms with Crippen molar-refractivity contribution < 1.29 is 72.0 Å². The average Bonchev–Trinajstić information content (AvgIpc) is 4.15. The zero-order valence-electron chi connectivity index (χ0n) is 42.4. The van der Waals surface area contributed by atoms with Crippen LogP contribution in [0.15, 0.2) is 59.4 Å². The van der Waals surface area contributed by atoms with Gasteiger partial charge in [-0.1, -0.05) is 37.3 Å². The molecule has 8 rings (SSSR count). The van der Waals surface area contributed by atoms with Gasteiger partial charge in [0, 0.05) is 47.7 Å². The van der Waals surface area contributed by atoms with Crippen molar-refractivity contribution in [1.82, 2.24) is 51.7 Å². The number of cyclic esters (lactones) is 1. The van der Waals surface area contributed by atoms with Gasteiger partial charge in [0.25, 0.3) is 17.4 Å². The smallest absolute Gasteiger partial charge is 0.343 e. The van der Waals surface area contributed by atoms with Gasteiger partial charge in [-0.3, -0.25) is 52.8 Å². The van der Waals surface area contributed by atoms with Crippen LogP contribution in [0.1, 0.15) is 71.7 Å². The van der Waals surface area contributed by atoms with E-state index >= 15 is 4.39 Å². The summed E-state index contributed by atoms with van der Waals surface area (Å²) < 4.78 is 27.8. The fourth-order valence-electron chi connectivity index (χ4n) is 9.83. The number of nitrogens with one attached hydrogen (secondary N) is 7.